The summed E-state index contributed by atoms with van der Waals surface area (Å²) in [6.07, 6.45) is 4.60. The van der Waals surface area contributed by atoms with Gasteiger partial charge in [0.05, 0.1) is 24.7 Å². The van der Waals surface area contributed by atoms with Crippen LogP contribution in [0.2, 0.25) is 0 Å². The fraction of sp³-hybridized carbons (Fsp3) is 0.600. The quantitative estimate of drug-likeness (QED) is 0.785. The van der Waals surface area contributed by atoms with Gasteiger partial charge in [-0.15, -0.1) is 0 Å². The highest BCUT2D eigenvalue weighted by Gasteiger charge is 2.30. The van der Waals surface area contributed by atoms with Gasteiger partial charge in [-0.2, -0.15) is 10.4 Å². The lowest BCUT2D eigenvalue weighted by Gasteiger charge is -2.12. The van der Waals surface area contributed by atoms with E-state index in [1.165, 1.54) is 12.8 Å². The molecule has 2 N–H and O–H groups in total. The molecule has 1 unspecified atom stereocenters. The van der Waals surface area contributed by atoms with Crippen LogP contribution in [0.3, 0.4) is 0 Å². The van der Waals surface area contributed by atoms with Crippen LogP contribution in [0.5, 0.6) is 0 Å². The molecule has 0 aromatic carbocycles. The number of nitriles is 1. The molecule has 14 heavy (non-hydrogen) atoms. The normalized spacial score (nSPS) is 17.7. The summed E-state index contributed by atoms with van der Waals surface area (Å²) < 4.78 is 1.85. The standard InChI is InChI=1S/C10H14N4/c1-7(8-2-3-8)14-10(12)9(4-5-11)6-13-14/h6-8H,2-4,12H2,1H3. The molecule has 1 fully saturated rings. The fourth-order valence-electron chi connectivity index (χ4n) is 1.73. The molecule has 1 aromatic rings. The maximum atomic E-state index is 8.57. The van der Waals surface area contributed by atoms with Crippen molar-refractivity contribution in [2.24, 2.45) is 5.92 Å². The molecule has 0 bridgehead atoms. The van der Waals surface area contributed by atoms with Crippen LogP contribution in [0, 0.1) is 17.2 Å². The van der Waals surface area contributed by atoms with Crippen molar-refractivity contribution in [3.05, 3.63) is 11.8 Å². The summed E-state index contributed by atoms with van der Waals surface area (Å²) in [6.45, 7) is 2.14. The zero-order valence-electron chi connectivity index (χ0n) is 8.27. The van der Waals surface area contributed by atoms with E-state index in [9.17, 15) is 0 Å². The maximum absolute atomic E-state index is 8.57. The Morgan fingerprint density at radius 2 is 2.50 bits per heavy atom. The summed E-state index contributed by atoms with van der Waals surface area (Å²) in [5.74, 6) is 1.39. The predicted molar refractivity (Wildman–Crippen MR) is 53.4 cm³/mol. The molecule has 0 spiro atoms. The van der Waals surface area contributed by atoms with Gasteiger partial charge in [-0.05, 0) is 25.7 Å². The lowest BCUT2D eigenvalue weighted by molar-refractivity contribution is 0.446. The highest BCUT2D eigenvalue weighted by molar-refractivity contribution is 5.40. The molecule has 1 aromatic heterocycles. The molecule has 1 saturated carbocycles. The first-order valence-electron chi connectivity index (χ1n) is 4.93. The molecule has 1 aliphatic rings. The van der Waals surface area contributed by atoms with Gasteiger partial charge in [0.25, 0.3) is 0 Å². The Morgan fingerprint density at radius 1 is 1.79 bits per heavy atom. The topological polar surface area (TPSA) is 67.6 Å². The van der Waals surface area contributed by atoms with Gasteiger partial charge in [-0.3, -0.25) is 0 Å². The van der Waals surface area contributed by atoms with Crippen LogP contribution >= 0.6 is 0 Å². The highest BCUT2D eigenvalue weighted by atomic mass is 15.3. The number of rotatable bonds is 3. The second-order valence-electron chi connectivity index (χ2n) is 3.91. The molecule has 1 heterocycles. The summed E-state index contributed by atoms with van der Waals surface area (Å²) in [5.41, 5.74) is 6.75. The zero-order valence-corrected chi connectivity index (χ0v) is 8.27. The van der Waals surface area contributed by atoms with Crippen LogP contribution in [0.1, 0.15) is 31.4 Å². The second-order valence-corrected chi connectivity index (χ2v) is 3.91. The van der Waals surface area contributed by atoms with Crippen molar-refractivity contribution in [1.29, 1.82) is 5.26 Å². The Balaban J connectivity index is 2.22. The van der Waals surface area contributed by atoms with Crippen molar-refractivity contribution in [2.45, 2.75) is 32.2 Å². The zero-order chi connectivity index (χ0) is 10.1. The molecule has 4 heteroatoms. The van der Waals surface area contributed by atoms with Crippen molar-refractivity contribution >= 4 is 5.82 Å². The number of nitrogens with zero attached hydrogens (tertiary/aromatic N) is 3. The Hall–Kier alpha value is -1.50. The van der Waals surface area contributed by atoms with Crippen molar-refractivity contribution < 1.29 is 0 Å². The van der Waals surface area contributed by atoms with Gasteiger partial charge >= 0.3 is 0 Å². The van der Waals surface area contributed by atoms with Gasteiger partial charge in [-0.25, -0.2) is 4.68 Å². The average Bonchev–Trinajstić information content (AvgIpc) is 2.94. The SMILES string of the molecule is CC(C1CC1)n1ncc(CC#N)c1N. The summed E-state index contributed by atoms with van der Waals surface area (Å²) in [5, 5.41) is 12.8. The lowest BCUT2D eigenvalue weighted by Crippen LogP contribution is -2.12. The summed E-state index contributed by atoms with van der Waals surface area (Å²) in [4.78, 5) is 0. The molecule has 0 saturated heterocycles. The lowest BCUT2D eigenvalue weighted by atomic mass is 10.2. The van der Waals surface area contributed by atoms with E-state index in [1.807, 2.05) is 4.68 Å². The van der Waals surface area contributed by atoms with Crippen LogP contribution in [0.25, 0.3) is 0 Å². The van der Waals surface area contributed by atoms with Gasteiger partial charge in [0.1, 0.15) is 5.82 Å². The minimum absolute atomic E-state index is 0.350. The number of nitrogens with two attached hydrogens (primary N) is 1. The first-order valence-corrected chi connectivity index (χ1v) is 4.93. The van der Waals surface area contributed by atoms with Crippen molar-refractivity contribution in [2.75, 3.05) is 5.73 Å². The third-order valence-corrected chi connectivity index (χ3v) is 2.87. The average molecular weight is 190 g/mol. The van der Waals surface area contributed by atoms with Gasteiger partial charge < -0.3 is 5.73 Å². The summed E-state index contributed by atoms with van der Waals surface area (Å²) in [7, 11) is 0. The number of nitrogen functional groups attached to an aromatic ring is 1. The summed E-state index contributed by atoms with van der Waals surface area (Å²) in [6, 6.07) is 2.47. The van der Waals surface area contributed by atoms with Crippen LogP contribution in [-0.4, -0.2) is 9.78 Å². The van der Waals surface area contributed by atoms with E-state index >= 15 is 0 Å². The minimum atomic E-state index is 0.350. The van der Waals surface area contributed by atoms with E-state index in [-0.39, 0.29) is 0 Å². The Morgan fingerprint density at radius 3 is 3.07 bits per heavy atom. The maximum Gasteiger partial charge on any atom is 0.126 e. The van der Waals surface area contributed by atoms with Crippen LogP contribution in [0.15, 0.2) is 6.20 Å². The monoisotopic (exact) mass is 190 g/mol. The first-order chi connectivity index (χ1) is 6.74. The van der Waals surface area contributed by atoms with Crippen LogP contribution < -0.4 is 5.73 Å². The smallest absolute Gasteiger partial charge is 0.126 e. The Bertz CT molecular complexity index is 370. The third-order valence-electron chi connectivity index (χ3n) is 2.87. The van der Waals surface area contributed by atoms with E-state index in [0.717, 1.165) is 11.5 Å². The number of anilines is 1. The second kappa shape index (κ2) is 3.33. The molecule has 0 radical (unpaired) electrons. The molecule has 74 valence electrons. The molecule has 1 aliphatic carbocycles. The van der Waals surface area contributed by atoms with Gasteiger partial charge in [-0.1, -0.05) is 0 Å². The molecule has 0 aliphatic heterocycles. The van der Waals surface area contributed by atoms with Crippen LogP contribution in [0.4, 0.5) is 5.82 Å². The Kier molecular flexibility index (Phi) is 2.16. The van der Waals surface area contributed by atoms with E-state index in [0.29, 0.717) is 18.3 Å². The van der Waals surface area contributed by atoms with Gasteiger partial charge in [0, 0.05) is 5.56 Å². The van der Waals surface area contributed by atoms with E-state index in [4.69, 9.17) is 11.0 Å². The van der Waals surface area contributed by atoms with Crippen molar-refractivity contribution in [1.82, 2.24) is 9.78 Å². The molecule has 2 rings (SSSR count). The third kappa shape index (κ3) is 1.46. The molecule has 4 nitrogen and oxygen atoms in total. The number of hydrogen-bond donors (Lipinski definition) is 1. The van der Waals surface area contributed by atoms with Gasteiger partial charge in [0.15, 0.2) is 0 Å². The fourth-order valence-corrected chi connectivity index (χ4v) is 1.73. The van der Waals surface area contributed by atoms with Crippen molar-refractivity contribution in [3.8, 4) is 6.07 Å². The number of aromatic nitrogens is 2. The van der Waals surface area contributed by atoms with E-state index < -0.39 is 0 Å². The largest absolute Gasteiger partial charge is 0.384 e. The number of hydrogen-bond acceptors (Lipinski definition) is 3. The van der Waals surface area contributed by atoms with Gasteiger partial charge in [0.2, 0.25) is 0 Å². The van der Waals surface area contributed by atoms with E-state index in [1.54, 1.807) is 6.20 Å². The predicted octanol–water partition coefficient (Wildman–Crippen LogP) is 1.50. The van der Waals surface area contributed by atoms with Crippen LogP contribution in [-0.2, 0) is 6.42 Å². The molecule has 0 amide bonds. The molecular formula is C10H14N4. The molecule has 1 atom stereocenters. The minimum Gasteiger partial charge on any atom is -0.384 e. The summed E-state index contributed by atoms with van der Waals surface area (Å²) >= 11 is 0. The van der Waals surface area contributed by atoms with E-state index in [2.05, 4.69) is 18.1 Å². The Labute approximate surface area is 83.3 Å². The molecular weight excluding hydrogens is 176 g/mol. The van der Waals surface area contributed by atoms with Crippen molar-refractivity contribution in [3.63, 3.8) is 0 Å². The highest BCUT2D eigenvalue weighted by Crippen LogP contribution is 2.40. The first kappa shape index (κ1) is 9.07.